The van der Waals surface area contributed by atoms with E-state index in [0.29, 0.717) is 10.7 Å². The van der Waals surface area contributed by atoms with E-state index in [9.17, 15) is 4.79 Å². The number of hydrogen-bond acceptors (Lipinski definition) is 4. The monoisotopic (exact) mass is 265 g/mol. The summed E-state index contributed by atoms with van der Waals surface area (Å²) in [6, 6.07) is 5.53. The summed E-state index contributed by atoms with van der Waals surface area (Å²) in [4.78, 5) is 11.4. The van der Waals surface area contributed by atoms with Crippen LogP contribution in [-0.2, 0) is 4.74 Å². The Hall–Kier alpha value is -1.88. The van der Waals surface area contributed by atoms with Crippen LogP contribution in [0.15, 0.2) is 18.2 Å². The first-order valence-electron chi connectivity index (χ1n) is 5.31. The van der Waals surface area contributed by atoms with Crippen LogP contribution in [-0.4, -0.2) is 28.1 Å². The van der Waals surface area contributed by atoms with E-state index >= 15 is 0 Å². The summed E-state index contributed by atoms with van der Waals surface area (Å²) >= 11 is 6.06. The van der Waals surface area contributed by atoms with E-state index in [2.05, 4.69) is 15.0 Å². The number of carbonyl (C=O) groups is 1. The summed E-state index contributed by atoms with van der Waals surface area (Å²) < 4.78 is 6.18. The molecule has 18 heavy (non-hydrogen) atoms. The second-order valence-electron chi connectivity index (χ2n) is 3.86. The standard InChI is InChI=1S/C12H12ClN3O2/c1-7-4-5-9(6-10(7)13)16-8(2)11(14-15-16)12(17)18-3/h4-6H,1-3H3. The van der Waals surface area contributed by atoms with Crippen molar-refractivity contribution in [1.82, 2.24) is 15.0 Å². The van der Waals surface area contributed by atoms with Crippen LogP contribution in [0.5, 0.6) is 0 Å². The Bertz CT molecular complexity index is 607. The molecule has 0 fully saturated rings. The minimum atomic E-state index is -0.503. The fourth-order valence-corrected chi connectivity index (χ4v) is 1.75. The average Bonchev–Trinajstić information content (AvgIpc) is 2.74. The van der Waals surface area contributed by atoms with Gasteiger partial charge in [-0.25, -0.2) is 9.48 Å². The van der Waals surface area contributed by atoms with Crippen molar-refractivity contribution < 1.29 is 9.53 Å². The Labute approximate surface area is 109 Å². The predicted octanol–water partition coefficient (Wildman–Crippen LogP) is 2.32. The van der Waals surface area contributed by atoms with Gasteiger partial charge in [-0.15, -0.1) is 5.10 Å². The van der Waals surface area contributed by atoms with Crippen LogP contribution in [0.25, 0.3) is 5.69 Å². The Morgan fingerprint density at radius 1 is 1.39 bits per heavy atom. The number of rotatable bonds is 2. The van der Waals surface area contributed by atoms with Gasteiger partial charge in [0, 0.05) is 5.02 Å². The van der Waals surface area contributed by atoms with Gasteiger partial charge in [-0.1, -0.05) is 22.9 Å². The minimum absolute atomic E-state index is 0.203. The maximum Gasteiger partial charge on any atom is 0.360 e. The molecule has 94 valence electrons. The molecular formula is C12H12ClN3O2. The van der Waals surface area contributed by atoms with E-state index in [1.807, 2.05) is 19.1 Å². The highest BCUT2D eigenvalue weighted by Gasteiger charge is 2.17. The number of aryl methyl sites for hydroxylation is 1. The lowest BCUT2D eigenvalue weighted by Gasteiger charge is -2.05. The first-order valence-corrected chi connectivity index (χ1v) is 5.69. The number of esters is 1. The van der Waals surface area contributed by atoms with Crippen molar-refractivity contribution in [2.75, 3.05) is 7.11 Å². The number of ether oxygens (including phenoxy) is 1. The first kappa shape index (κ1) is 12.6. The third kappa shape index (κ3) is 2.09. The summed E-state index contributed by atoms with van der Waals surface area (Å²) in [7, 11) is 1.31. The van der Waals surface area contributed by atoms with Gasteiger partial charge in [0.15, 0.2) is 5.69 Å². The average molecular weight is 266 g/mol. The molecule has 1 aromatic carbocycles. The number of methoxy groups -OCH3 is 1. The quantitative estimate of drug-likeness (QED) is 0.782. The summed E-state index contributed by atoms with van der Waals surface area (Å²) in [5.74, 6) is -0.503. The lowest BCUT2D eigenvalue weighted by Crippen LogP contribution is -2.05. The summed E-state index contributed by atoms with van der Waals surface area (Å²) in [5.41, 5.74) is 2.55. The molecule has 0 N–H and O–H groups in total. The van der Waals surface area contributed by atoms with Crippen LogP contribution in [0, 0.1) is 13.8 Å². The molecule has 2 aromatic rings. The van der Waals surface area contributed by atoms with E-state index in [1.165, 1.54) is 7.11 Å². The molecule has 0 aliphatic heterocycles. The predicted molar refractivity (Wildman–Crippen MR) is 67.2 cm³/mol. The molecule has 5 nitrogen and oxygen atoms in total. The molecule has 0 radical (unpaired) electrons. The van der Waals surface area contributed by atoms with Gasteiger partial charge >= 0.3 is 5.97 Å². The van der Waals surface area contributed by atoms with Gasteiger partial charge < -0.3 is 4.74 Å². The summed E-state index contributed by atoms with van der Waals surface area (Å²) in [6.45, 7) is 3.67. The second kappa shape index (κ2) is 4.78. The van der Waals surface area contributed by atoms with Crippen LogP contribution in [0.4, 0.5) is 0 Å². The number of benzene rings is 1. The smallest absolute Gasteiger partial charge is 0.360 e. The normalized spacial score (nSPS) is 10.4. The van der Waals surface area contributed by atoms with Crippen molar-refractivity contribution in [3.63, 3.8) is 0 Å². The van der Waals surface area contributed by atoms with Gasteiger partial charge in [0.25, 0.3) is 0 Å². The zero-order valence-electron chi connectivity index (χ0n) is 10.3. The topological polar surface area (TPSA) is 57.0 Å². The van der Waals surface area contributed by atoms with E-state index in [-0.39, 0.29) is 5.69 Å². The molecule has 0 aliphatic carbocycles. The van der Waals surface area contributed by atoms with Crippen LogP contribution in [0.1, 0.15) is 21.7 Å². The molecule has 0 bridgehead atoms. The van der Waals surface area contributed by atoms with E-state index in [1.54, 1.807) is 17.7 Å². The Morgan fingerprint density at radius 2 is 2.11 bits per heavy atom. The van der Waals surface area contributed by atoms with Crippen LogP contribution in [0.2, 0.25) is 5.02 Å². The van der Waals surface area contributed by atoms with Gasteiger partial charge in [-0.2, -0.15) is 0 Å². The fourth-order valence-electron chi connectivity index (χ4n) is 1.57. The Kier molecular flexibility index (Phi) is 3.34. The van der Waals surface area contributed by atoms with Crippen molar-refractivity contribution >= 4 is 17.6 Å². The highest BCUT2D eigenvalue weighted by Crippen LogP contribution is 2.20. The molecule has 0 unspecified atom stereocenters. The van der Waals surface area contributed by atoms with E-state index in [4.69, 9.17) is 11.6 Å². The number of hydrogen-bond donors (Lipinski definition) is 0. The molecule has 0 saturated heterocycles. The van der Waals surface area contributed by atoms with Gasteiger partial charge in [0.05, 0.1) is 18.5 Å². The van der Waals surface area contributed by atoms with Crippen LogP contribution in [0.3, 0.4) is 0 Å². The highest BCUT2D eigenvalue weighted by atomic mass is 35.5. The molecule has 1 aromatic heterocycles. The summed E-state index contributed by atoms with van der Waals surface area (Å²) in [5, 5.41) is 8.38. The zero-order valence-corrected chi connectivity index (χ0v) is 11.0. The lowest BCUT2D eigenvalue weighted by atomic mass is 10.2. The van der Waals surface area contributed by atoms with Gasteiger partial charge in [0.1, 0.15) is 0 Å². The molecule has 0 spiro atoms. The van der Waals surface area contributed by atoms with Crippen LogP contribution < -0.4 is 0 Å². The molecule has 0 amide bonds. The number of carbonyl (C=O) groups excluding carboxylic acids is 1. The van der Waals surface area contributed by atoms with Crippen LogP contribution >= 0.6 is 11.6 Å². The largest absolute Gasteiger partial charge is 0.464 e. The van der Waals surface area contributed by atoms with Crippen molar-refractivity contribution in [3.8, 4) is 5.69 Å². The lowest BCUT2D eigenvalue weighted by molar-refractivity contribution is 0.0593. The van der Waals surface area contributed by atoms with Gasteiger partial charge in [0.2, 0.25) is 0 Å². The maximum absolute atomic E-state index is 11.4. The van der Waals surface area contributed by atoms with E-state index < -0.39 is 5.97 Å². The molecule has 0 saturated carbocycles. The van der Waals surface area contributed by atoms with Crippen molar-refractivity contribution in [2.45, 2.75) is 13.8 Å². The van der Waals surface area contributed by atoms with Crippen molar-refractivity contribution in [3.05, 3.63) is 40.2 Å². The SMILES string of the molecule is COC(=O)c1nnn(-c2ccc(C)c(Cl)c2)c1C. The Balaban J connectivity index is 2.48. The number of aromatic nitrogens is 3. The maximum atomic E-state index is 11.4. The summed E-state index contributed by atoms with van der Waals surface area (Å²) in [6.07, 6.45) is 0. The first-order chi connectivity index (χ1) is 8.54. The zero-order chi connectivity index (χ0) is 13.3. The van der Waals surface area contributed by atoms with Gasteiger partial charge in [-0.05, 0) is 31.5 Å². The highest BCUT2D eigenvalue weighted by molar-refractivity contribution is 6.31. The van der Waals surface area contributed by atoms with Gasteiger partial charge in [-0.3, -0.25) is 0 Å². The fraction of sp³-hybridized carbons (Fsp3) is 0.250. The van der Waals surface area contributed by atoms with E-state index in [0.717, 1.165) is 11.3 Å². The molecule has 6 heteroatoms. The number of halogens is 1. The van der Waals surface area contributed by atoms with Crippen molar-refractivity contribution in [2.24, 2.45) is 0 Å². The molecule has 0 atom stereocenters. The number of nitrogens with zero attached hydrogens (tertiary/aromatic N) is 3. The third-order valence-electron chi connectivity index (χ3n) is 2.67. The molecule has 1 heterocycles. The molecule has 2 rings (SSSR count). The Morgan fingerprint density at radius 3 is 2.72 bits per heavy atom. The molecular weight excluding hydrogens is 254 g/mol. The van der Waals surface area contributed by atoms with Crippen molar-refractivity contribution in [1.29, 1.82) is 0 Å². The second-order valence-corrected chi connectivity index (χ2v) is 4.27. The molecule has 0 aliphatic rings. The third-order valence-corrected chi connectivity index (χ3v) is 3.08. The minimum Gasteiger partial charge on any atom is -0.464 e.